The average molecular weight is 301 g/mol. The lowest BCUT2D eigenvalue weighted by atomic mass is 9.98. The maximum atomic E-state index is 13.2. The minimum atomic E-state index is -0.688. The summed E-state index contributed by atoms with van der Waals surface area (Å²) in [6, 6.07) is 11.8. The summed E-state index contributed by atoms with van der Waals surface area (Å²) in [5.41, 5.74) is 0.893. The lowest BCUT2D eigenvalue weighted by molar-refractivity contribution is -0.122. The molecule has 0 bridgehead atoms. The highest BCUT2D eigenvalue weighted by Gasteiger charge is 2.39. The molecule has 0 saturated carbocycles. The Morgan fingerprint density at radius 3 is 2.27 bits per heavy atom. The maximum Gasteiger partial charge on any atom is 0.237 e. The van der Waals surface area contributed by atoms with Crippen molar-refractivity contribution in [3.63, 3.8) is 0 Å². The van der Waals surface area contributed by atoms with Gasteiger partial charge in [-0.3, -0.25) is 14.5 Å². The predicted molar refractivity (Wildman–Crippen MR) is 77.1 cm³/mol. The van der Waals surface area contributed by atoms with Crippen molar-refractivity contribution in [1.29, 1.82) is 0 Å². The molecule has 0 N–H and O–H groups in total. The normalized spacial score (nSPS) is 18.1. The van der Waals surface area contributed by atoms with Crippen molar-refractivity contribution in [2.45, 2.75) is 12.8 Å². The molecule has 3 nitrogen and oxygen atoms in total. The van der Waals surface area contributed by atoms with Gasteiger partial charge in [0.25, 0.3) is 0 Å². The molecule has 1 aliphatic rings. The van der Waals surface area contributed by atoms with Crippen LogP contribution in [0.2, 0.25) is 0 Å². The van der Waals surface area contributed by atoms with E-state index in [4.69, 9.17) is 0 Å². The molecule has 1 saturated heterocycles. The van der Waals surface area contributed by atoms with E-state index in [0.717, 1.165) is 11.0 Å². The predicted octanol–water partition coefficient (Wildman–Crippen LogP) is 3.09. The number of hydrogen-bond acceptors (Lipinski definition) is 2. The van der Waals surface area contributed by atoms with Crippen LogP contribution in [-0.2, 0) is 16.0 Å². The van der Waals surface area contributed by atoms with Gasteiger partial charge in [0.05, 0.1) is 11.6 Å². The number of imide groups is 1. The zero-order chi connectivity index (χ0) is 15.7. The van der Waals surface area contributed by atoms with Gasteiger partial charge in [-0.15, -0.1) is 0 Å². The summed E-state index contributed by atoms with van der Waals surface area (Å²) in [6.45, 7) is 0. The number of anilines is 1. The van der Waals surface area contributed by atoms with E-state index in [1.54, 1.807) is 30.3 Å². The molecule has 2 amide bonds. The molecule has 0 aliphatic carbocycles. The van der Waals surface area contributed by atoms with Gasteiger partial charge >= 0.3 is 0 Å². The molecule has 1 fully saturated rings. The quantitative estimate of drug-likeness (QED) is 0.817. The highest BCUT2D eigenvalue weighted by atomic mass is 19.1. The zero-order valence-corrected chi connectivity index (χ0v) is 11.6. The Morgan fingerprint density at radius 2 is 1.64 bits per heavy atom. The van der Waals surface area contributed by atoms with E-state index in [9.17, 15) is 18.4 Å². The first-order valence-corrected chi connectivity index (χ1v) is 6.91. The highest BCUT2D eigenvalue weighted by Crippen LogP contribution is 2.28. The van der Waals surface area contributed by atoms with Gasteiger partial charge in [0, 0.05) is 12.5 Å². The number of hydrogen-bond donors (Lipinski definition) is 0. The van der Waals surface area contributed by atoms with Crippen LogP contribution < -0.4 is 4.90 Å². The molecule has 5 heteroatoms. The molecule has 1 aliphatic heterocycles. The van der Waals surface area contributed by atoms with Crippen molar-refractivity contribution < 1.29 is 18.4 Å². The van der Waals surface area contributed by atoms with Gasteiger partial charge in [-0.25, -0.2) is 8.78 Å². The molecule has 0 spiro atoms. The van der Waals surface area contributed by atoms with Crippen LogP contribution in [0.1, 0.15) is 12.0 Å². The smallest absolute Gasteiger partial charge is 0.237 e. The van der Waals surface area contributed by atoms with Crippen molar-refractivity contribution in [1.82, 2.24) is 0 Å². The van der Waals surface area contributed by atoms with Crippen LogP contribution >= 0.6 is 0 Å². The molecule has 22 heavy (non-hydrogen) atoms. The molecule has 3 rings (SSSR count). The largest absolute Gasteiger partial charge is 0.274 e. The van der Waals surface area contributed by atoms with Gasteiger partial charge in [-0.05, 0) is 36.2 Å². The Bertz CT molecular complexity index is 710. The summed E-state index contributed by atoms with van der Waals surface area (Å²) in [5, 5.41) is 0. The number of carbonyl (C=O) groups is 2. The van der Waals surface area contributed by atoms with E-state index in [1.165, 1.54) is 12.1 Å². The molecular weight excluding hydrogens is 288 g/mol. The number of para-hydroxylation sites is 1. The Labute approximate surface area is 126 Å². The Morgan fingerprint density at radius 1 is 1.00 bits per heavy atom. The molecule has 1 unspecified atom stereocenters. The fraction of sp³-hybridized carbons (Fsp3) is 0.176. The minimum absolute atomic E-state index is 0.0475. The second-order valence-electron chi connectivity index (χ2n) is 5.29. The molecule has 0 aromatic heterocycles. The minimum Gasteiger partial charge on any atom is -0.274 e. The Balaban J connectivity index is 1.82. The molecule has 1 heterocycles. The molecule has 0 radical (unpaired) electrons. The topological polar surface area (TPSA) is 37.4 Å². The van der Waals surface area contributed by atoms with Gasteiger partial charge in [-0.1, -0.05) is 18.2 Å². The third-order valence-corrected chi connectivity index (χ3v) is 3.66. The van der Waals surface area contributed by atoms with Crippen LogP contribution in [0.5, 0.6) is 0 Å². The third kappa shape index (κ3) is 2.74. The van der Waals surface area contributed by atoms with Crippen molar-refractivity contribution in [2.75, 3.05) is 4.90 Å². The first-order chi connectivity index (χ1) is 10.5. The van der Waals surface area contributed by atoms with Crippen molar-refractivity contribution in [2.24, 2.45) is 5.92 Å². The standard InChI is InChI=1S/C17H13F2NO2/c18-13-7-11(8-14(19)10-13)6-12-9-16(21)20(17(12)22)15-4-2-1-3-5-15/h1-5,7-8,10,12H,6,9H2. The summed E-state index contributed by atoms with van der Waals surface area (Å²) in [7, 11) is 0. The molecule has 2 aromatic rings. The second kappa shape index (κ2) is 5.67. The second-order valence-corrected chi connectivity index (χ2v) is 5.29. The van der Waals surface area contributed by atoms with E-state index in [1.807, 2.05) is 0 Å². The van der Waals surface area contributed by atoms with Crippen LogP contribution in [0.15, 0.2) is 48.5 Å². The Kier molecular flexibility index (Phi) is 3.71. The first kappa shape index (κ1) is 14.4. The van der Waals surface area contributed by atoms with E-state index < -0.39 is 17.6 Å². The molecule has 1 atom stereocenters. The summed E-state index contributed by atoms with van der Waals surface area (Å²) in [4.78, 5) is 25.6. The van der Waals surface area contributed by atoms with Gasteiger partial charge in [-0.2, -0.15) is 0 Å². The number of rotatable bonds is 3. The van der Waals surface area contributed by atoms with Crippen LogP contribution in [0.4, 0.5) is 14.5 Å². The lowest BCUT2D eigenvalue weighted by Gasteiger charge is -2.15. The third-order valence-electron chi connectivity index (χ3n) is 3.66. The van der Waals surface area contributed by atoms with Crippen molar-refractivity contribution in [3.8, 4) is 0 Å². The molecule has 112 valence electrons. The fourth-order valence-electron chi connectivity index (χ4n) is 2.72. The van der Waals surface area contributed by atoms with Crippen molar-refractivity contribution in [3.05, 3.63) is 65.7 Å². The summed E-state index contributed by atoms with van der Waals surface area (Å²) in [6.07, 6.45) is 0.189. The van der Waals surface area contributed by atoms with Gasteiger partial charge in [0.1, 0.15) is 11.6 Å². The van der Waals surface area contributed by atoms with E-state index in [2.05, 4.69) is 0 Å². The van der Waals surface area contributed by atoms with Gasteiger partial charge in [0.15, 0.2) is 0 Å². The lowest BCUT2D eigenvalue weighted by Crippen LogP contribution is -2.30. The molecular formula is C17H13F2NO2. The number of nitrogens with zero attached hydrogens (tertiary/aromatic N) is 1. The van der Waals surface area contributed by atoms with Gasteiger partial charge < -0.3 is 0 Å². The van der Waals surface area contributed by atoms with E-state index >= 15 is 0 Å². The number of carbonyl (C=O) groups excluding carboxylic acids is 2. The average Bonchev–Trinajstić information content (AvgIpc) is 2.73. The SMILES string of the molecule is O=C1CC(Cc2cc(F)cc(F)c2)C(=O)N1c1ccccc1. The van der Waals surface area contributed by atoms with Crippen LogP contribution in [0.3, 0.4) is 0 Å². The van der Waals surface area contributed by atoms with Crippen molar-refractivity contribution >= 4 is 17.5 Å². The van der Waals surface area contributed by atoms with Gasteiger partial charge in [0.2, 0.25) is 11.8 Å². The fourth-order valence-corrected chi connectivity index (χ4v) is 2.72. The number of amides is 2. The molecule has 2 aromatic carbocycles. The monoisotopic (exact) mass is 301 g/mol. The summed E-state index contributed by atoms with van der Waals surface area (Å²) < 4.78 is 26.4. The van der Waals surface area contributed by atoms with Crippen LogP contribution in [0, 0.1) is 17.6 Å². The van der Waals surface area contributed by atoms with Crippen LogP contribution in [-0.4, -0.2) is 11.8 Å². The zero-order valence-electron chi connectivity index (χ0n) is 11.6. The maximum absolute atomic E-state index is 13.2. The number of benzene rings is 2. The Hall–Kier alpha value is -2.56. The first-order valence-electron chi connectivity index (χ1n) is 6.91. The number of halogens is 2. The summed E-state index contributed by atoms with van der Waals surface area (Å²) >= 11 is 0. The van der Waals surface area contributed by atoms with E-state index in [-0.39, 0.29) is 24.7 Å². The van der Waals surface area contributed by atoms with Crippen LogP contribution in [0.25, 0.3) is 0 Å². The van der Waals surface area contributed by atoms with E-state index in [0.29, 0.717) is 11.3 Å². The summed E-state index contributed by atoms with van der Waals surface area (Å²) in [5.74, 6) is -2.59. The highest BCUT2D eigenvalue weighted by molar-refractivity contribution is 6.20.